The first kappa shape index (κ1) is 22.7. The van der Waals surface area contributed by atoms with Crippen molar-refractivity contribution in [3.8, 4) is 10.4 Å². The normalized spacial score (nSPS) is 15.7. The molecule has 4 aromatic rings. The standard InChI is InChI=1S/C26H26N4O2S2/c1-16-5-4-6-19(13-16)24-23(28-17(2)34-24)26(32)30-11-12-33-22(30)15-27-25(31)20-7-8-21-18(14-20)9-10-29(21)3/h4-10,13-14,22H,11-12,15H2,1-3H3,(H,27,31). The van der Waals surface area contributed by atoms with Gasteiger partial charge < -0.3 is 14.8 Å². The van der Waals surface area contributed by atoms with Crippen molar-refractivity contribution < 1.29 is 9.59 Å². The van der Waals surface area contributed by atoms with E-state index in [4.69, 9.17) is 0 Å². The summed E-state index contributed by atoms with van der Waals surface area (Å²) in [5.41, 5.74) is 4.37. The molecule has 34 heavy (non-hydrogen) atoms. The first-order valence-corrected chi connectivity index (χ1v) is 13.1. The maximum atomic E-state index is 13.6. The molecular formula is C26H26N4O2S2. The van der Waals surface area contributed by atoms with Gasteiger partial charge in [-0.05, 0) is 43.7 Å². The highest BCUT2D eigenvalue weighted by Crippen LogP contribution is 2.34. The second-order valence-corrected chi connectivity index (χ2v) is 11.0. The molecular weight excluding hydrogens is 464 g/mol. The van der Waals surface area contributed by atoms with Crippen LogP contribution in [0.15, 0.2) is 54.7 Å². The molecule has 8 heteroatoms. The molecule has 2 aromatic heterocycles. The van der Waals surface area contributed by atoms with Gasteiger partial charge in [-0.1, -0.05) is 29.8 Å². The Morgan fingerprint density at radius 1 is 1.15 bits per heavy atom. The smallest absolute Gasteiger partial charge is 0.274 e. The topological polar surface area (TPSA) is 67.2 Å². The summed E-state index contributed by atoms with van der Waals surface area (Å²) in [5.74, 6) is 0.636. The predicted molar refractivity (Wildman–Crippen MR) is 140 cm³/mol. The maximum absolute atomic E-state index is 13.6. The van der Waals surface area contributed by atoms with Crippen LogP contribution in [0.5, 0.6) is 0 Å². The van der Waals surface area contributed by atoms with Gasteiger partial charge in [-0.15, -0.1) is 23.1 Å². The lowest BCUT2D eigenvalue weighted by Crippen LogP contribution is -2.42. The van der Waals surface area contributed by atoms with E-state index in [2.05, 4.69) is 16.4 Å². The van der Waals surface area contributed by atoms with Crippen LogP contribution in [0.3, 0.4) is 0 Å². The number of aryl methyl sites for hydroxylation is 3. The molecule has 1 saturated heterocycles. The minimum atomic E-state index is -0.129. The van der Waals surface area contributed by atoms with Gasteiger partial charge in [0, 0.05) is 48.6 Å². The lowest BCUT2D eigenvalue weighted by Gasteiger charge is -2.24. The van der Waals surface area contributed by atoms with Crippen molar-refractivity contribution in [1.82, 2.24) is 19.8 Å². The molecule has 5 rings (SSSR count). The van der Waals surface area contributed by atoms with Crippen LogP contribution in [0.1, 0.15) is 31.4 Å². The van der Waals surface area contributed by atoms with Gasteiger partial charge in [-0.25, -0.2) is 4.98 Å². The highest BCUT2D eigenvalue weighted by molar-refractivity contribution is 8.00. The molecule has 0 bridgehead atoms. The monoisotopic (exact) mass is 490 g/mol. The molecule has 2 aromatic carbocycles. The van der Waals surface area contributed by atoms with Crippen LogP contribution in [0.25, 0.3) is 21.3 Å². The fourth-order valence-corrected chi connectivity index (χ4v) is 6.38. The number of benzene rings is 2. The first-order chi connectivity index (χ1) is 16.4. The average molecular weight is 491 g/mol. The minimum Gasteiger partial charge on any atom is -0.351 e. The van der Waals surface area contributed by atoms with Crippen molar-refractivity contribution in [1.29, 1.82) is 0 Å². The molecule has 1 unspecified atom stereocenters. The first-order valence-electron chi connectivity index (χ1n) is 11.2. The minimum absolute atomic E-state index is 0.0733. The van der Waals surface area contributed by atoms with E-state index in [0.717, 1.165) is 37.7 Å². The molecule has 1 aliphatic rings. The zero-order valence-corrected chi connectivity index (χ0v) is 21.0. The van der Waals surface area contributed by atoms with Gasteiger partial charge in [-0.3, -0.25) is 9.59 Å². The maximum Gasteiger partial charge on any atom is 0.274 e. The second-order valence-electron chi connectivity index (χ2n) is 8.51. The number of hydrogen-bond acceptors (Lipinski definition) is 5. The quantitative estimate of drug-likeness (QED) is 0.434. The summed E-state index contributed by atoms with van der Waals surface area (Å²) < 4.78 is 2.03. The highest BCUT2D eigenvalue weighted by atomic mass is 32.2. The Morgan fingerprint density at radius 3 is 2.82 bits per heavy atom. The molecule has 174 valence electrons. The highest BCUT2D eigenvalue weighted by Gasteiger charge is 2.33. The lowest BCUT2D eigenvalue weighted by molar-refractivity contribution is 0.0747. The van der Waals surface area contributed by atoms with Crippen LogP contribution in [0, 0.1) is 13.8 Å². The largest absolute Gasteiger partial charge is 0.351 e. The van der Waals surface area contributed by atoms with Gasteiger partial charge in [-0.2, -0.15) is 0 Å². The summed E-state index contributed by atoms with van der Waals surface area (Å²) >= 11 is 3.24. The van der Waals surface area contributed by atoms with Crippen LogP contribution in [-0.2, 0) is 7.05 Å². The van der Waals surface area contributed by atoms with Crippen LogP contribution in [-0.4, -0.2) is 50.5 Å². The van der Waals surface area contributed by atoms with Crippen molar-refractivity contribution in [3.63, 3.8) is 0 Å². The number of hydrogen-bond donors (Lipinski definition) is 1. The number of amides is 2. The van der Waals surface area contributed by atoms with Crippen molar-refractivity contribution >= 4 is 45.8 Å². The Balaban J connectivity index is 1.31. The Hall–Kier alpha value is -3.10. The average Bonchev–Trinajstić information content (AvgIpc) is 3.55. The van der Waals surface area contributed by atoms with Gasteiger partial charge in [0.25, 0.3) is 11.8 Å². The SMILES string of the molecule is Cc1cccc(-c2sc(C)nc2C(=O)N2CCSC2CNC(=O)c2ccc3c(ccn3C)c2)c1. The third-order valence-electron chi connectivity index (χ3n) is 6.05. The van der Waals surface area contributed by atoms with E-state index in [-0.39, 0.29) is 17.2 Å². The van der Waals surface area contributed by atoms with Crippen molar-refractivity contribution in [2.45, 2.75) is 19.2 Å². The zero-order chi connectivity index (χ0) is 23.8. The van der Waals surface area contributed by atoms with E-state index in [1.807, 2.05) is 79.0 Å². The van der Waals surface area contributed by atoms with Gasteiger partial charge in [0.2, 0.25) is 0 Å². The van der Waals surface area contributed by atoms with Gasteiger partial charge in [0.1, 0.15) is 5.69 Å². The van der Waals surface area contributed by atoms with Gasteiger partial charge in [0.15, 0.2) is 0 Å². The lowest BCUT2D eigenvalue weighted by atomic mass is 10.1. The predicted octanol–water partition coefficient (Wildman–Crippen LogP) is 4.86. The molecule has 0 radical (unpaired) electrons. The Labute approximate surface area is 207 Å². The van der Waals surface area contributed by atoms with E-state index in [9.17, 15) is 9.59 Å². The molecule has 1 aliphatic heterocycles. The van der Waals surface area contributed by atoms with E-state index in [1.54, 1.807) is 23.1 Å². The number of aromatic nitrogens is 2. The van der Waals surface area contributed by atoms with Crippen LogP contribution in [0.4, 0.5) is 0 Å². The van der Waals surface area contributed by atoms with Crippen LogP contribution >= 0.6 is 23.1 Å². The number of carbonyl (C=O) groups is 2. The number of thiazole rings is 1. The molecule has 6 nitrogen and oxygen atoms in total. The molecule has 2 amide bonds. The summed E-state index contributed by atoms with van der Waals surface area (Å²) in [7, 11) is 1.99. The Kier molecular flexibility index (Phi) is 6.18. The zero-order valence-electron chi connectivity index (χ0n) is 19.4. The third-order valence-corrected chi connectivity index (χ3v) is 8.30. The second kappa shape index (κ2) is 9.27. The molecule has 1 N–H and O–H groups in total. The van der Waals surface area contributed by atoms with Crippen molar-refractivity contribution in [2.75, 3.05) is 18.8 Å². The van der Waals surface area contributed by atoms with Crippen molar-refractivity contribution in [2.24, 2.45) is 7.05 Å². The van der Waals surface area contributed by atoms with E-state index in [0.29, 0.717) is 24.3 Å². The molecule has 0 aliphatic carbocycles. The summed E-state index contributed by atoms with van der Waals surface area (Å²) in [5, 5.41) is 4.81. The molecule has 3 heterocycles. The molecule has 0 saturated carbocycles. The fourth-order valence-electron chi connectivity index (χ4n) is 4.32. The van der Waals surface area contributed by atoms with E-state index < -0.39 is 0 Å². The number of thioether (sulfide) groups is 1. The van der Waals surface area contributed by atoms with E-state index in [1.165, 1.54) is 0 Å². The fraction of sp³-hybridized carbons (Fsp3) is 0.269. The van der Waals surface area contributed by atoms with Crippen LogP contribution < -0.4 is 5.32 Å². The van der Waals surface area contributed by atoms with Crippen molar-refractivity contribution in [3.05, 3.63) is 76.6 Å². The van der Waals surface area contributed by atoms with E-state index >= 15 is 0 Å². The molecule has 1 fully saturated rings. The van der Waals surface area contributed by atoms with Gasteiger partial charge in [0.05, 0.1) is 15.3 Å². The van der Waals surface area contributed by atoms with Crippen LogP contribution in [0.2, 0.25) is 0 Å². The number of carbonyl (C=O) groups excluding carboxylic acids is 2. The number of rotatable bonds is 5. The number of nitrogens with zero attached hydrogens (tertiary/aromatic N) is 3. The summed E-state index contributed by atoms with van der Waals surface area (Å²) in [6, 6.07) is 15.9. The molecule has 0 spiro atoms. The Morgan fingerprint density at radius 2 is 2.00 bits per heavy atom. The number of fused-ring (bicyclic) bond motifs is 1. The Bertz CT molecular complexity index is 1390. The van der Waals surface area contributed by atoms with Gasteiger partial charge >= 0.3 is 0 Å². The summed E-state index contributed by atoms with van der Waals surface area (Å²) in [6.07, 6.45) is 1.98. The third kappa shape index (κ3) is 4.35. The molecule has 1 atom stereocenters. The summed E-state index contributed by atoms with van der Waals surface area (Å²) in [4.78, 5) is 33.7. The number of nitrogens with one attached hydrogen (secondary N) is 1. The summed E-state index contributed by atoms with van der Waals surface area (Å²) in [6.45, 7) is 5.01.